The molecule has 0 radical (unpaired) electrons. The minimum absolute atomic E-state index is 0.199. The van der Waals surface area contributed by atoms with Crippen LogP contribution in [0.5, 0.6) is 0 Å². The molecule has 19 heavy (non-hydrogen) atoms. The van der Waals surface area contributed by atoms with E-state index in [4.69, 9.17) is 5.11 Å². The Hall–Kier alpha value is -0.610. The van der Waals surface area contributed by atoms with Crippen LogP contribution in [0, 0.1) is 5.92 Å². The molecule has 4 nitrogen and oxygen atoms in total. The van der Waals surface area contributed by atoms with Gasteiger partial charge in [0.25, 0.3) is 0 Å². The van der Waals surface area contributed by atoms with Gasteiger partial charge in [0.2, 0.25) is 0 Å². The summed E-state index contributed by atoms with van der Waals surface area (Å²) < 4.78 is 0. The lowest BCUT2D eigenvalue weighted by molar-refractivity contribution is -0.143. The van der Waals surface area contributed by atoms with E-state index in [1.807, 2.05) is 0 Å². The molecule has 0 amide bonds. The molecular formula is C15H27NO3. The Bertz CT molecular complexity index is 298. The summed E-state index contributed by atoms with van der Waals surface area (Å²) in [6.07, 6.45) is 9.99. The maximum absolute atomic E-state index is 11.0. The molecule has 3 N–H and O–H groups in total. The van der Waals surface area contributed by atoms with Crippen molar-refractivity contribution in [2.75, 3.05) is 6.54 Å². The molecule has 2 aliphatic carbocycles. The number of nitrogens with one attached hydrogen (secondary N) is 1. The normalized spacial score (nSPS) is 31.6. The second kappa shape index (κ2) is 6.71. The van der Waals surface area contributed by atoms with Crippen LogP contribution >= 0.6 is 0 Å². The fourth-order valence-electron chi connectivity index (χ4n) is 3.50. The lowest BCUT2D eigenvalue weighted by atomic mass is 9.85. The van der Waals surface area contributed by atoms with Crippen molar-refractivity contribution >= 4 is 5.97 Å². The summed E-state index contributed by atoms with van der Waals surface area (Å²) in [6.45, 7) is 0.629. The highest BCUT2D eigenvalue weighted by molar-refractivity contribution is 5.70. The maximum atomic E-state index is 11.0. The summed E-state index contributed by atoms with van der Waals surface area (Å²) >= 11 is 0. The first kappa shape index (κ1) is 14.8. The van der Waals surface area contributed by atoms with Crippen LogP contribution in [0.15, 0.2) is 0 Å². The molecule has 0 bridgehead atoms. The first-order valence-electron chi connectivity index (χ1n) is 7.78. The summed E-state index contributed by atoms with van der Waals surface area (Å²) in [4.78, 5) is 11.0. The van der Waals surface area contributed by atoms with Gasteiger partial charge >= 0.3 is 5.97 Å². The molecule has 0 aromatic carbocycles. The predicted octanol–water partition coefficient (Wildman–Crippen LogP) is 2.30. The average Bonchev–Trinajstić information content (AvgIpc) is 2.62. The number of hydrogen-bond acceptors (Lipinski definition) is 3. The third kappa shape index (κ3) is 4.46. The van der Waals surface area contributed by atoms with Crippen LogP contribution in [-0.2, 0) is 4.79 Å². The van der Waals surface area contributed by atoms with E-state index in [2.05, 4.69) is 5.32 Å². The molecule has 2 aliphatic rings. The quantitative estimate of drug-likeness (QED) is 0.685. The van der Waals surface area contributed by atoms with Crippen LogP contribution in [0.3, 0.4) is 0 Å². The van der Waals surface area contributed by atoms with Gasteiger partial charge in [0.05, 0.1) is 11.5 Å². The van der Waals surface area contributed by atoms with Gasteiger partial charge in [-0.1, -0.05) is 32.1 Å². The van der Waals surface area contributed by atoms with Crippen LogP contribution in [-0.4, -0.2) is 34.4 Å². The van der Waals surface area contributed by atoms with Gasteiger partial charge < -0.3 is 15.5 Å². The highest BCUT2D eigenvalue weighted by Crippen LogP contribution is 2.28. The van der Waals surface area contributed by atoms with Gasteiger partial charge in [-0.25, -0.2) is 0 Å². The molecule has 2 fully saturated rings. The van der Waals surface area contributed by atoms with E-state index < -0.39 is 11.6 Å². The van der Waals surface area contributed by atoms with Crippen molar-refractivity contribution in [1.29, 1.82) is 0 Å². The Morgan fingerprint density at radius 2 is 1.79 bits per heavy atom. The fourth-order valence-corrected chi connectivity index (χ4v) is 3.50. The van der Waals surface area contributed by atoms with Crippen molar-refractivity contribution in [3.05, 3.63) is 0 Å². The summed E-state index contributed by atoms with van der Waals surface area (Å²) in [7, 11) is 0. The molecule has 4 heteroatoms. The molecule has 2 saturated carbocycles. The number of carbonyl (C=O) groups is 1. The van der Waals surface area contributed by atoms with Crippen molar-refractivity contribution in [2.45, 2.75) is 75.9 Å². The SMILES string of the molecule is O=C(O)C1CCCC(NCC2(O)CCCCCC2)C1. The zero-order valence-corrected chi connectivity index (χ0v) is 11.7. The summed E-state index contributed by atoms with van der Waals surface area (Å²) in [5, 5.41) is 23.1. The molecule has 0 saturated heterocycles. The highest BCUT2D eigenvalue weighted by Gasteiger charge is 2.31. The van der Waals surface area contributed by atoms with Crippen molar-refractivity contribution in [2.24, 2.45) is 5.92 Å². The smallest absolute Gasteiger partial charge is 0.306 e. The minimum Gasteiger partial charge on any atom is -0.481 e. The zero-order valence-electron chi connectivity index (χ0n) is 11.7. The summed E-state index contributed by atoms with van der Waals surface area (Å²) in [5.41, 5.74) is -0.563. The molecule has 0 heterocycles. The molecule has 2 atom stereocenters. The monoisotopic (exact) mass is 269 g/mol. The fraction of sp³-hybridized carbons (Fsp3) is 0.933. The molecule has 0 aromatic heterocycles. The third-order valence-electron chi connectivity index (χ3n) is 4.78. The van der Waals surface area contributed by atoms with Gasteiger partial charge in [0.15, 0.2) is 0 Å². The molecule has 0 aliphatic heterocycles. The largest absolute Gasteiger partial charge is 0.481 e. The standard InChI is InChI=1S/C15H27NO3/c17-14(18)12-6-5-7-13(10-12)16-11-15(19)8-3-1-2-4-9-15/h12-13,16,19H,1-11H2,(H,17,18). The van der Waals surface area contributed by atoms with Crippen molar-refractivity contribution < 1.29 is 15.0 Å². The first-order valence-corrected chi connectivity index (χ1v) is 7.78. The van der Waals surface area contributed by atoms with E-state index in [1.165, 1.54) is 12.8 Å². The van der Waals surface area contributed by atoms with Gasteiger partial charge in [-0.15, -0.1) is 0 Å². The maximum Gasteiger partial charge on any atom is 0.306 e. The number of rotatable bonds is 4. The van der Waals surface area contributed by atoms with E-state index in [9.17, 15) is 9.90 Å². The molecule has 2 unspecified atom stereocenters. The molecule has 0 spiro atoms. The summed E-state index contributed by atoms with van der Waals surface area (Å²) in [5.74, 6) is -0.866. The number of aliphatic hydroxyl groups is 1. The average molecular weight is 269 g/mol. The van der Waals surface area contributed by atoms with Crippen molar-refractivity contribution in [3.63, 3.8) is 0 Å². The van der Waals surface area contributed by atoms with Crippen molar-refractivity contribution in [3.8, 4) is 0 Å². The van der Waals surface area contributed by atoms with Gasteiger partial charge in [0, 0.05) is 12.6 Å². The van der Waals surface area contributed by atoms with Crippen LogP contribution in [0.2, 0.25) is 0 Å². The van der Waals surface area contributed by atoms with Crippen LogP contribution in [0.4, 0.5) is 0 Å². The summed E-state index contributed by atoms with van der Waals surface area (Å²) in [6, 6.07) is 0.266. The van der Waals surface area contributed by atoms with Gasteiger partial charge in [-0.2, -0.15) is 0 Å². The minimum atomic E-state index is -0.667. The van der Waals surface area contributed by atoms with E-state index in [0.29, 0.717) is 13.0 Å². The third-order valence-corrected chi connectivity index (χ3v) is 4.78. The second-order valence-corrected chi connectivity index (χ2v) is 6.42. The van der Waals surface area contributed by atoms with Crippen LogP contribution in [0.25, 0.3) is 0 Å². The zero-order chi connectivity index (χ0) is 13.7. The van der Waals surface area contributed by atoms with E-state index >= 15 is 0 Å². The first-order chi connectivity index (χ1) is 9.09. The van der Waals surface area contributed by atoms with E-state index in [1.54, 1.807) is 0 Å². The van der Waals surface area contributed by atoms with Gasteiger partial charge in [-0.3, -0.25) is 4.79 Å². The highest BCUT2D eigenvalue weighted by atomic mass is 16.4. The van der Waals surface area contributed by atoms with Crippen molar-refractivity contribution in [1.82, 2.24) is 5.32 Å². The molecular weight excluding hydrogens is 242 g/mol. The number of carboxylic acids is 1. The molecule has 2 rings (SSSR count). The number of aliphatic carboxylic acids is 1. The number of hydrogen-bond donors (Lipinski definition) is 3. The Morgan fingerprint density at radius 1 is 1.11 bits per heavy atom. The second-order valence-electron chi connectivity index (χ2n) is 6.42. The van der Waals surface area contributed by atoms with Crippen LogP contribution < -0.4 is 5.32 Å². The van der Waals surface area contributed by atoms with Gasteiger partial charge in [-0.05, 0) is 32.1 Å². The van der Waals surface area contributed by atoms with Gasteiger partial charge in [0.1, 0.15) is 0 Å². The Balaban J connectivity index is 1.79. The topological polar surface area (TPSA) is 69.6 Å². The predicted molar refractivity (Wildman–Crippen MR) is 74.0 cm³/mol. The number of carboxylic acid groups (broad SMARTS) is 1. The molecule has 110 valence electrons. The Morgan fingerprint density at radius 3 is 2.42 bits per heavy atom. The van der Waals surface area contributed by atoms with E-state index in [0.717, 1.165) is 44.9 Å². The van der Waals surface area contributed by atoms with E-state index in [-0.39, 0.29) is 12.0 Å². The lowest BCUT2D eigenvalue weighted by Gasteiger charge is -2.32. The lowest BCUT2D eigenvalue weighted by Crippen LogP contribution is -2.46. The Labute approximate surface area is 115 Å². The Kier molecular flexibility index (Phi) is 5.22. The van der Waals surface area contributed by atoms with Crippen LogP contribution in [0.1, 0.15) is 64.2 Å². The molecule has 0 aromatic rings.